The summed E-state index contributed by atoms with van der Waals surface area (Å²) < 4.78 is 5.26. The van der Waals surface area contributed by atoms with Crippen LogP contribution < -0.4 is 15.4 Å². The zero-order valence-corrected chi connectivity index (χ0v) is 13.6. The average Bonchev–Trinajstić information content (AvgIpc) is 2.61. The van der Waals surface area contributed by atoms with Crippen molar-refractivity contribution in [3.05, 3.63) is 59.9 Å². The van der Waals surface area contributed by atoms with Crippen molar-refractivity contribution in [1.29, 1.82) is 0 Å². The summed E-state index contributed by atoms with van der Waals surface area (Å²) in [6, 6.07) is 13.1. The molecule has 2 aromatic rings. The third kappa shape index (κ3) is 5.72. The lowest BCUT2D eigenvalue weighted by Gasteiger charge is -2.09. The van der Waals surface area contributed by atoms with E-state index in [1.54, 1.807) is 19.4 Å². The molecule has 0 aliphatic heterocycles. The molecule has 0 fully saturated rings. The Balaban J connectivity index is 1.68. The molecule has 6 nitrogen and oxygen atoms in total. The summed E-state index contributed by atoms with van der Waals surface area (Å²) in [5.41, 5.74) is 1.77. The zero-order chi connectivity index (χ0) is 17.2. The number of aromatic nitrogens is 1. The van der Waals surface area contributed by atoms with Gasteiger partial charge in [0.2, 0.25) is 11.8 Å². The Morgan fingerprint density at radius 2 is 1.79 bits per heavy atom. The molecule has 2 N–H and O–H groups in total. The number of para-hydroxylation sites is 1. The normalized spacial score (nSPS) is 10.0. The van der Waals surface area contributed by atoms with Crippen molar-refractivity contribution in [2.75, 3.05) is 13.7 Å². The van der Waals surface area contributed by atoms with Crippen LogP contribution in [0.2, 0.25) is 0 Å². The average molecular weight is 327 g/mol. The van der Waals surface area contributed by atoms with E-state index in [1.807, 2.05) is 36.4 Å². The Morgan fingerprint density at radius 3 is 2.54 bits per heavy atom. The van der Waals surface area contributed by atoms with Crippen LogP contribution in [0.15, 0.2) is 48.7 Å². The van der Waals surface area contributed by atoms with Gasteiger partial charge in [0, 0.05) is 12.7 Å². The predicted octanol–water partition coefficient (Wildman–Crippen LogP) is 1.46. The Bertz CT molecular complexity index is 674. The van der Waals surface area contributed by atoms with Gasteiger partial charge in [-0.3, -0.25) is 14.6 Å². The number of hydrogen-bond acceptors (Lipinski definition) is 4. The Morgan fingerprint density at radius 1 is 1.04 bits per heavy atom. The molecule has 2 rings (SSSR count). The van der Waals surface area contributed by atoms with E-state index in [0.717, 1.165) is 17.0 Å². The summed E-state index contributed by atoms with van der Waals surface area (Å²) in [6.45, 7) is 0.765. The smallest absolute Gasteiger partial charge is 0.229 e. The second-order valence-corrected chi connectivity index (χ2v) is 5.19. The number of rotatable bonds is 8. The number of carbonyl (C=O) groups is 2. The van der Waals surface area contributed by atoms with E-state index in [1.165, 1.54) is 0 Å². The summed E-state index contributed by atoms with van der Waals surface area (Å²) in [6.07, 6.45) is 2.11. The highest BCUT2D eigenvalue weighted by atomic mass is 16.5. The summed E-state index contributed by atoms with van der Waals surface area (Å²) >= 11 is 0. The van der Waals surface area contributed by atoms with E-state index in [2.05, 4.69) is 15.6 Å². The fourth-order valence-electron chi connectivity index (χ4n) is 2.21. The second-order valence-electron chi connectivity index (χ2n) is 5.19. The molecule has 0 spiro atoms. The molecule has 0 atom stereocenters. The molecule has 2 amide bonds. The molecule has 1 aromatic heterocycles. The van der Waals surface area contributed by atoms with Gasteiger partial charge in [-0.2, -0.15) is 0 Å². The Kier molecular flexibility index (Phi) is 6.76. The van der Waals surface area contributed by atoms with Crippen molar-refractivity contribution in [2.24, 2.45) is 0 Å². The molecule has 0 unspecified atom stereocenters. The minimum absolute atomic E-state index is 0.196. The number of benzene rings is 1. The van der Waals surface area contributed by atoms with Crippen molar-refractivity contribution < 1.29 is 14.3 Å². The molecule has 0 aliphatic rings. The third-order valence-electron chi connectivity index (χ3n) is 3.42. The van der Waals surface area contributed by atoms with Crippen molar-refractivity contribution in [2.45, 2.75) is 19.4 Å². The third-order valence-corrected chi connectivity index (χ3v) is 3.42. The van der Waals surface area contributed by atoms with Crippen LogP contribution in [0.5, 0.6) is 5.75 Å². The highest BCUT2D eigenvalue weighted by Crippen LogP contribution is 2.17. The first-order valence-electron chi connectivity index (χ1n) is 7.74. The summed E-state index contributed by atoms with van der Waals surface area (Å²) in [7, 11) is 1.61. The van der Waals surface area contributed by atoms with Gasteiger partial charge in [-0.1, -0.05) is 24.3 Å². The Labute approximate surface area is 141 Å². The molecule has 24 heavy (non-hydrogen) atoms. The number of ether oxygens (including phenoxy) is 1. The maximum absolute atomic E-state index is 11.8. The maximum atomic E-state index is 11.8. The van der Waals surface area contributed by atoms with E-state index in [-0.39, 0.29) is 18.2 Å². The predicted molar refractivity (Wildman–Crippen MR) is 90.4 cm³/mol. The summed E-state index contributed by atoms with van der Waals surface area (Å²) in [5.74, 6) is 0.165. The largest absolute Gasteiger partial charge is 0.496 e. The minimum atomic E-state index is -0.324. The highest BCUT2D eigenvalue weighted by Gasteiger charge is 2.09. The van der Waals surface area contributed by atoms with Crippen molar-refractivity contribution in [3.63, 3.8) is 0 Å². The molecule has 126 valence electrons. The summed E-state index contributed by atoms with van der Waals surface area (Å²) in [5, 5.41) is 5.41. The standard InChI is InChI=1S/C18H21N3O3/c1-24-16-8-3-2-6-14(16)9-11-20-17(22)12-18(23)21-13-15-7-4-5-10-19-15/h2-8,10H,9,11-13H2,1H3,(H,20,22)(H,21,23). The van der Waals surface area contributed by atoms with Crippen LogP contribution in [0.3, 0.4) is 0 Å². The number of nitrogens with zero attached hydrogens (tertiary/aromatic N) is 1. The van der Waals surface area contributed by atoms with Crippen LogP contribution in [0.25, 0.3) is 0 Å². The van der Waals surface area contributed by atoms with Gasteiger partial charge in [-0.05, 0) is 30.2 Å². The number of pyridine rings is 1. The molecular formula is C18H21N3O3. The van der Waals surface area contributed by atoms with Crippen LogP contribution in [0.4, 0.5) is 0 Å². The fraction of sp³-hybridized carbons (Fsp3) is 0.278. The SMILES string of the molecule is COc1ccccc1CCNC(=O)CC(=O)NCc1ccccn1. The van der Waals surface area contributed by atoms with E-state index >= 15 is 0 Å². The van der Waals surface area contributed by atoms with Gasteiger partial charge in [0.15, 0.2) is 0 Å². The van der Waals surface area contributed by atoms with Crippen LogP contribution in [0.1, 0.15) is 17.7 Å². The van der Waals surface area contributed by atoms with E-state index < -0.39 is 0 Å². The number of hydrogen-bond donors (Lipinski definition) is 2. The van der Waals surface area contributed by atoms with Gasteiger partial charge in [0.05, 0.1) is 19.3 Å². The number of carbonyl (C=O) groups excluding carboxylic acids is 2. The molecule has 1 heterocycles. The number of methoxy groups -OCH3 is 1. The molecule has 0 aliphatic carbocycles. The van der Waals surface area contributed by atoms with Gasteiger partial charge in [-0.15, -0.1) is 0 Å². The van der Waals surface area contributed by atoms with Gasteiger partial charge < -0.3 is 15.4 Å². The van der Waals surface area contributed by atoms with Crippen LogP contribution in [0, 0.1) is 0 Å². The van der Waals surface area contributed by atoms with Crippen molar-refractivity contribution in [1.82, 2.24) is 15.6 Å². The first kappa shape index (κ1) is 17.5. The molecule has 0 radical (unpaired) electrons. The minimum Gasteiger partial charge on any atom is -0.496 e. The van der Waals surface area contributed by atoms with Gasteiger partial charge in [0.25, 0.3) is 0 Å². The lowest BCUT2D eigenvalue weighted by Crippen LogP contribution is -2.32. The van der Waals surface area contributed by atoms with Crippen molar-refractivity contribution in [3.8, 4) is 5.75 Å². The lowest BCUT2D eigenvalue weighted by molar-refractivity contribution is -0.129. The zero-order valence-electron chi connectivity index (χ0n) is 13.6. The molecule has 0 bridgehead atoms. The van der Waals surface area contributed by atoms with E-state index in [0.29, 0.717) is 19.5 Å². The van der Waals surface area contributed by atoms with Gasteiger partial charge in [0.1, 0.15) is 12.2 Å². The highest BCUT2D eigenvalue weighted by molar-refractivity contribution is 5.96. The van der Waals surface area contributed by atoms with E-state index in [4.69, 9.17) is 4.74 Å². The molecular weight excluding hydrogens is 306 g/mol. The number of nitrogens with one attached hydrogen (secondary N) is 2. The number of amides is 2. The van der Waals surface area contributed by atoms with Gasteiger partial charge >= 0.3 is 0 Å². The van der Waals surface area contributed by atoms with Crippen LogP contribution in [-0.2, 0) is 22.6 Å². The van der Waals surface area contributed by atoms with Crippen molar-refractivity contribution >= 4 is 11.8 Å². The summed E-state index contributed by atoms with van der Waals surface area (Å²) in [4.78, 5) is 27.6. The topological polar surface area (TPSA) is 80.3 Å². The fourth-order valence-corrected chi connectivity index (χ4v) is 2.21. The second kappa shape index (κ2) is 9.29. The lowest BCUT2D eigenvalue weighted by atomic mass is 10.1. The maximum Gasteiger partial charge on any atom is 0.229 e. The first-order chi connectivity index (χ1) is 11.7. The Hall–Kier alpha value is -2.89. The van der Waals surface area contributed by atoms with Gasteiger partial charge in [-0.25, -0.2) is 0 Å². The molecule has 0 saturated heterocycles. The molecule has 0 saturated carbocycles. The first-order valence-corrected chi connectivity index (χ1v) is 7.74. The van der Waals surface area contributed by atoms with E-state index in [9.17, 15) is 9.59 Å². The quantitative estimate of drug-likeness (QED) is 0.719. The molecule has 1 aromatic carbocycles. The monoisotopic (exact) mass is 327 g/mol. The van der Waals surface area contributed by atoms with Crippen LogP contribution in [-0.4, -0.2) is 30.5 Å². The molecule has 6 heteroatoms. The van der Waals surface area contributed by atoms with Crippen LogP contribution >= 0.6 is 0 Å².